The number of hydrogen-bond donors (Lipinski definition) is 2. The smallest absolute Gasteiger partial charge is 0.312 e. The van der Waals surface area contributed by atoms with Crippen LogP contribution in [0.1, 0.15) is 12.8 Å². The molecule has 0 radical (unpaired) electrons. The van der Waals surface area contributed by atoms with Gasteiger partial charge in [0.05, 0.1) is 0 Å². The monoisotopic (exact) mass is 179 g/mol. The highest BCUT2D eigenvalue weighted by Gasteiger charge is 2.44. The first kappa shape index (κ1) is 9.38. The number of aliphatic carboxylic acids is 1. The number of hydrogen-bond acceptors (Lipinski definition) is 2. The van der Waals surface area contributed by atoms with E-state index in [0.29, 0.717) is 6.54 Å². The van der Waals surface area contributed by atoms with Gasteiger partial charge in [0.2, 0.25) is 0 Å². The van der Waals surface area contributed by atoms with Gasteiger partial charge in [-0.2, -0.15) is 0 Å². The van der Waals surface area contributed by atoms with Gasteiger partial charge in [-0.1, -0.05) is 0 Å². The molecule has 1 aliphatic rings. The molecule has 70 valence electrons. The molecule has 1 rings (SSSR count). The summed E-state index contributed by atoms with van der Waals surface area (Å²) in [6.45, 7) is 0.545. The number of alkyl halides is 2. The lowest BCUT2D eigenvalue weighted by Gasteiger charge is -2.19. The van der Waals surface area contributed by atoms with Crippen molar-refractivity contribution < 1.29 is 18.7 Å². The minimum atomic E-state index is -3.06. The Balaban J connectivity index is 2.71. The Morgan fingerprint density at radius 2 is 2.17 bits per heavy atom. The van der Waals surface area contributed by atoms with E-state index in [1.54, 1.807) is 0 Å². The zero-order valence-corrected chi connectivity index (χ0v) is 6.52. The van der Waals surface area contributed by atoms with Gasteiger partial charge in [0.1, 0.15) is 5.92 Å². The van der Waals surface area contributed by atoms with Crippen molar-refractivity contribution in [2.45, 2.75) is 18.8 Å². The lowest BCUT2D eigenvalue weighted by molar-refractivity contribution is -0.157. The third-order valence-electron chi connectivity index (χ3n) is 2.05. The van der Waals surface area contributed by atoms with Crippen molar-refractivity contribution in [3.8, 4) is 0 Å². The fourth-order valence-electron chi connectivity index (χ4n) is 1.32. The molecule has 0 unspecified atom stereocenters. The van der Waals surface area contributed by atoms with Crippen LogP contribution in [0, 0.1) is 5.92 Å². The number of carboxylic acid groups (broad SMARTS) is 1. The Bertz CT molecular complexity index is 184. The molecule has 0 bridgehead atoms. The van der Waals surface area contributed by atoms with Crippen LogP contribution in [0.25, 0.3) is 0 Å². The van der Waals surface area contributed by atoms with Crippen LogP contribution in [0.15, 0.2) is 0 Å². The Labute approximate surface area is 68.8 Å². The molecule has 5 heteroatoms. The molecule has 0 aromatic heterocycles. The molecular weight excluding hydrogens is 168 g/mol. The zero-order chi connectivity index (χ0) is 9.19. The second-order valence-corrected chi connectivity index (χ2v) is 2.94. The van der Waals surface area contributed by atoms with Gasteiger partial charge < -0.3 is 10.4 Å². The maximum atomic E-state index is 13.0. The molecule has 1 saturated heterocycles. The van der Waals surface area contributed by atoms with Gasteiger partial charge in [-0.05, 0) is 13.0 Å². The first-order valence-corrected chi connectivity index (χ1v) is 3.85. The van der Waals surface area contributed by atoms with Gasteiger partial charge in [-0.3, -0.25) is 4.79 Å². The fourth-order valence-corrected chi connectivity index (χ4v) is 1.32. The van der Waals surface area contributed by atoms with Crippen LogP contribution in [0.5, 0.6) is 0 Å². The van der Waals surface area contributed by atoms with E-state index in [1.807, 2.05) is 0 Å². The van der Waals surface area contributed by atoms with Crippen LogP contribution in [0.3, 0.4) is 0 Å². The fraction of sp³-hybridized carbons (Fsp3) is 0.857. The lowest BCUT2D eigenvalue weighted by atomic mass is 9.97. The van der Waals surface area contributed by atoms with Crippen molar-refractivity contribution >= 4 is 5.97 Å². The van der Waals surface area contributed by atoms with Gasteiger partial charge >= 0.3 is 5.97 Å². The van der Waals surface area contributed by atoms with Crippen LogP contribution in [-0.4, -0.2) is 30.1 Å². The van der Waals surface area contributed by atoms with E-state index in [-0.39, 0.29) is 19.4 Å². The number of carboxylic acids is 1. The minimum absolute atomic E-state index is 0.00231. The van der Waals surface area contributed by atoms with Gasteiger partial charge in [0.25, 0.3) is 5.92 Å². The van der Waals surface area contributed by atoms with E-state index in [0.717, 1.165) is 0 Å². The van der Waals surface area contributed by atoms with Gasteiger partial charge in [-0.15, -0.1) is 0 Å². The number of carbonyl (C=O) groups is 1. The van der Waals surface area contributed by atoms with E-state index in [4.69, 9.17) is 5.11 Å². The Morgan fingerprint density at radius 3 is 2.75 bits per heavy atom. The highest BCUT2D eigenvalue weighted by molar-refractivity contribution is 5.71. The second-order valence-electron chi connectivity index (χ2n) is 2.94. The predicted molar refractivity (Wildman–Crippen MR) is 38.2 cm³/mol. The van der Waals surface area contributed by atoms with Crippen molar-refractivity contribution in [1.82, 2.24) is 5.32 Å². The Hall–Kier alpha value is -0.710. The van der Waals surface area contributed by atoms with Gasteiger partial charge in [-0.25, -0.2) is 8.78 Å². The maximum Gasteiger partial charge on any atom is 0.312 e. The summed E-state index contributed by atoms with van der Waals surface area (Å²) in [5, 5.41) is 11.2. The molecule has 1 aliphatic heterocycles. The highest BCUT2D eigenvalue weighted by atomic mass is 19.3. The third-order valence-corrected chi connectivity index (χ3v) is 2.05. The molecule has 0 aromatic carbocycles. The minimum Gasteiger partial charge on any atom is -0.481 e. The van der Waals surface area contributed by atoms with Crippen molar-refractivity contribution in [3.63, 3.8) is 0 Å². The van der Waals surface area contributed by atoms with E-state index in [1.165, 1.54) is 0 Å². The van der Waals surface area contributed by atoms with E-state index < -0.39 is 17.8 Å². The third kappa shape index (κ3) is 1.91. The van der Waals surface area contributed by atoms with Crippen molar-refractivity contribution in [3.05, 3.63) is 0 Å². The lowest BCUT2D eigenvalue weighted by Crippen LogP contribution is -2.34. The summed E-state index contributed by atoms with van der Waals surface area (Å²) in [5.41, 5.74) is 0. The van der Waals surface area contributed by atoms with E-state index in [2.05, 4.69) is 5.32 Å². The second kappa shape index (κ2) is 3.35. The van der Waals surface area contributed by atoms with E-state index >= 15 is 0 Å². The van der Waals surface area contributed by atoms with Crippen molar-refractivity contribution in [2.75, 3.05) is 13.1 Å². The predicted octanol–water partition coefficient (Wildman–Crippen LogP) is 0.706. The molecule has 1 fully saturated rings. The zero-order valence-electron chi connectivity index (χ0n) is 6.52. The summed E-state index contributed by atoms with van der Waals surface area (Å²) < 4.78 is 25.9. The Morgan fingerprint density at radius 1 is 1.50 bits per heavy atom. The standard InChI is InChI=1S/C7H11F2NO2/c8-7(9)2-4-10-3-1-5(7)6(11)12/h5,10H,1-4H2,(H,11,12)/t5-/m0/s1. The van der Waals surface area contributed by atoms with Crippen molar-refractivity contribution in [1.29, 1.82) is 0 Å². The molecule has 12 heavy (non-hydrogen) atoms. The summed E-state index contributed by atoms with van der Waals surface area (Å²) in [5.74, 6) is -5.98. The maximum absolute atomic E-state index is 13.0. The van der Waals surface area contributed by atoms with Crippen LogP contribution in [-0.2, 0) is 4.79 Å². The highest BCUT2D eigenvalue weighted by Crippen LogP contribution is 2.31. The molecule has 3 nitrogen and oxygen atoms in total. The SMILES string of the molecule is O=C(O)[C@@H]1CCNCCC1(F)F. The molecule has 0 aliphatic carbocycles. The topological polar surface area (TPSA) is 49.3 Å². The first-order chi connectivity index (χ1) is 5.54. The van der Waals surface area contributed by atoms with Gasteiger partial charge in [0.15, 0.2) is 0 Å². The number of nitrogens with one attached hydrogen (secondary N) is 1. The molecule has 0 aromatic rings. The first-order valence-electron chi connectivity index (χ1n) is 3.85. The van der Waals surface area contributed by atoms with Crippen LogP contribution in [0.4, 0.5) is 8.78 Å². The molecule has 1 atom stereocenters. The number of rotatable bonds is 1. The van der Waals surface area contributed by atoms with Crippen LogP contribution >= 0.6 is 0 Å². The summed E-state index contributed by atoms with van der Waals surface area (Å²) in [7, 11) is 0. The van der Waals surface area contributed by atoms with Gasteiger partial charge in [0, 0.05) is 13.0 Å². The normalized spacial score (nSPS) is 29.3. The number of halogens is 2. The molecule has 0 saturated carbocycles. The largest absolute Gasteiger partial charge is 0.481 e. The molecular formula is C7H11F2NO2. The Kier molecular flexibility index (Phi) is 2.62. The van der Waals surface area contributed by atoms with Crippen LogP contribution in [0.2, 0.25) is 0 Å². The molecule has 2 N–H and O–H groups in total. The summed E-state index contributed by atoms with van der Waals surface area (Å²) in [6.07, 6.45) is -0.383. The van der Waals surface area contributed by atoms with Crippen LogP contribution < -0.4 is 5.32 Å². The van der Waals surface area contributed by atoms with E-state index in [9.17, 15) is 13.6 Å². The van der Waals surface area contributed by atoms with Crippen molar-refractivity contribution in [2.24, 2.45) is 5.92 Å². The molecule has 0 amide bonds. The summed E-state index contributed by atoms with van der Waals surface area (Å²) in [6, 6.07) is 0. The molecule has 1 heterocycles. The average molecular weight is 179 g/mol. The molecule has 0 spiro atoms. The summed E-state index contributed by atoms with van der Waals surface area (Å²) in [4.78, 5) is 10.4. The quantitative estimate of drug-likeness (QED) is 0.623. The average Bonchev–Trinajstić information content (AvgIpc) is 2.09. The summed E-state index contributed by atoms with van der Waals surface area (Å²) >= 11 is 0.